The Bertz CT molecular complexity index is 496. The quantitative estimate of drug-likeness (QED) is 0.856. The van der Waals surface area contributed by atoms with E-state index in [0.29, 0.717) is 6.54 Å². The van der Waals surface area contributed by atoms with Crippen LogP contribution < -0.4 is 5.73 Å². The van der Waals surface area contributed by atoms with E-state index in [-0.39, 0.29) is 0 Å². The fraction of sp³-hybridized carbons (Fsp3) is 0.400. The van der Waals surface area contributed by atoms with E-state index in [1.54, 1.807) is 11.8 Å². The van der Waals surface area contributed by atoms with Crippen molar-refractivity contribution in [1.82, 2.24) is 14.8 Å². The zero-order chi connectivity index (χ0) is 12.3. The van der Waals surface area contributed by atoms with Crippen LogP contribution in [0.3, 0.4) is 0 Å². The first-order chi connectivity index (χ1) is 8.20. The SMILES string of the molecule is Cc1nnc(SCc2ccc(Br)o2)n1CCN. The van der Waals surface area contributed by atoms with Gasteiger partial charge >= 0.3 is 0 Å². The van der Waals surface area contributed by atoms with Gasteiger partial charge in [-0.2, -0.15) is 0 Å². The predicted octanol–water partition coefficient (Wildman–Crippen LogP) is 2.19. The first-order valence-electron chi connectivity index (χ1n) is 5.17. The van der Waals surface area contributed by atoms with E-state index in [0.717, 1.165) is 33.7 Å². The molecule has 2 rings (SSSR count). The first-order valence-corrected chi connectivity index (χ1v) is 6.95. The van der Waals surface area contributed by atoms with Crippen molar-refractivity contribution in [3.63, 3.8) is 0 Å². The summed E-state index contributed by atoms with van der Waals surface area (Å²) >= 11 is 4.87. The summed E-state index contributed by atoms with van der Waals surface area (Å²) in [5, 5.41) is 9.05. The molecule has 0 fully saturated rings. The van der Waals surface area contributed by atoms with Crippen LogP contribution in [0.25, 0.3) is 0 Å². The highest BCUT2D eigenvalue weighted by molar-refractivity contribution is 9.10. The Morgan fingerprint density at radius 2 is 2.29 bits per heavy atom. The molecule has 5 nitrogen and oxygen atoms in total. The summed E-state index contributed by atoms with van der Waals surface area (Å²) in [6, 6.07) is 3.82. The highest BCUT2D eigenvalue weighted by Gasteiger charge is 2.09. The summed E-state index contributed by atoms with van der Waals surface area (Å²) in [4.78, 5) is 0. The topological polar surface area (TPSA) is 69.9 Å². The van der Waals surface area contributed by atoms with Crippen molar-refractivity contribution in [2.75, 3.05) is 6.54 Å². The molecule has 7 heteroatoms. The second-order valence-electron chi connectivity index (χ2n) is 3.46. The normalized spacial score (nSPS) is 11.0. The van der Waals surface area contributed by atoms with Crippen LogP contribution in [-0.4, -0.2) is 21.3 Å². The number of aryl methyl sites for hydroxylation is 1. The minimum Gasteiger partial charge on any atom is -0.453 e. The molecule has 92 valence electrons. The molecule has 0 aliphatic carbocycles. The summed E-state index contributed by atoms with van der Waals surface area (Å²) in [6.07, 6.45) is 0. The molecule has 0 radical (unpaired) electrons. The van der Waals surface area contributed by atoms with Crippen LogP contribution in [0.5, 0.6) is 0 Å². The van der Waals surface area contributed by atoms with Gasteiger partial charge in [0.1, 0.15) is 11.6 Å². The molecule has 0 amide bonds. The lowest BCUT2D eigenvalue weighted by Gasteiger charge is -2.05. The molecule has 2 aromatic heterocycles. The van der Waals surface area contributed by atoms with E-state index in [1.165, 1.54) is 0 Å². The molecule has 0 aromatic carbocycles. The number of hydrogen-bond acceptors (Lipinski definition) is 5. The second-order valence-corrected chi connectivity index (χ2v) is 5.19. The van der Waals surface area contributed by atoms with Crippen molar-refractivity contribution >= 4 is 27.7 Å². The van der Waals surface area contributed by atoms with Crippen molar-refractivity contribution in [2.45, 2.75) is 24.4 Å². The second kappa shape index (κ2) is 5.70. The Labute approximate surface area is 112 Å². The van der Waals surface area contributed by atoms with Gasteiger partial charge in [0.15, 0.2) is 9.83 Å². The number of hydrogen-bond donors (Lipinski definition) is 1. The fourth-order valence-electron chi connectivity index (χ4n) is 1.42. The summed E-state index contributed by atoms with van der Waals surface area (Å²) in [5.74, 6) is 2.52. The van der Waals surface area contributed by atoms with Gasteiger partial charge in [-0.1, -0.05) is 11.8 Å². The van der Waals surface area contributed by atoms with Crippen molar-refractivity contribution in [3.05, 3.63) is 28.4 Å². The van der Waals surface area contributed by atoms with E-state index in [2.05, 4.69) is 26.1 Å². The number of furan rings is 1. The van der Waals surface area contributed by atoms with Gasteiger partial charge in [-0.3, -0.25) is 0 Å². The molecular formula is C10H13BrN4OS. The van der Waals surface area contributed by atoms with E-state index in [4.69, 9.17) is 10.2 Å². The predicted molar refractivity (Wildman–Crippen MR) is 69.8 cm³/mol. The van der Waals surface area contributed by atoms with Gasteiger partial charge in [-0.25, -0.2) is 0 Å². The molecule has 2 N–H and O–H groups in total. The van der Waals surface area contributed by atoms with Crippen LogP contribution >= 0.6 is 27.7 Å². The fourth-order valence-corrected chi connectivity index (χ4v) is 2.66. The third-order valence-electron chi connectivity index (χ3n) is 2.23. The highest BCUT2D eigenvalue weighted by Crippen LogP contribution is 2.24. The molecule has 0 unspecified atom stereocenters. The molecular weight excluding hydrogens is 304 g/mol. The third kappa shape index (κ3) is 3.11. The Balaban J connectivity index is 2.03. The number of rotatable bonds is 5. The smallest absolute Gasteiger partial charge is 0.191 e. The van der Waals surface area contributed by atoms with Gasteiger partial charge in [0.25, 0.3) is 0 Å². The van der Waals surface area contributed by atoms with Gasteiger partial charge in [-0.05, 0) is 35.0 Å². The lowest BCUT2D eigenvalue weighted by atomic mass is 10.5. The van der Waals surface area contributed by atoms with Crippen molar-refractivity contribution in [1.29, 1.82) is 0 Å². The maximum Gasteiger partial charge on any atom is 0.191 e. The first kappa shape index (κ1) is 12.7. The molecule has 0 atom stereocenters. The number of halogens is 1. The summed E-state index contributed by atoms with van der Waals surface area (Å²) in [5.41, 5.74) is 5.56. The van der Waals surface area contributed by atoms with E-state index in [9.17, 15) is 0 Å². The molecule has 0 bridgehead atoms. The molecule has 0 aliphatic rings. The molecule has 0 aliphatic heterocycles. The minimum atomic E-state index is 0.582. The van der Waals surface area contributed by atoms with E-state index in [1.807, 2.05) is 23.6 Å². The minimum absolute atomic E-state index is 0.582. The van der Waals surface area contributed by atoms with Crippen LogP contribution in [0.2, 0.25) is 0 Å². The van der Waals surface area contributed by atoms with Crippen LogP contribution in [0.4, 0.5) is 0 Å². The Morgan fingerprint density at radius 3 is 2.94 bits per heavy atom. The molecule has 0 saturated carbocycles. The molecule has 17 heavy (non-hydrogen) atoms. The van der Waals surface area contributed by atoms with Crippen LogP contribution in [0.15, 0.2) is 26.4 Å². The van der Waals surface area contributed by atoms with Crippen LogP contribution in [-0.2, 0) is 12.3 Å². The molecule has 0 saturated heterocycles. The van der Waals surface area contributed by atoms with Gasteiger partial charge in [0.05, 0.1) is 5.75 Å². The number of nitrogens with two attached hydrogens (primary N) is 1. The monoisotopic (exact) mass is 316 g/mol. The van der Waals surface area contributed by atoms with E-state index < -0.39 is 0 Å². The number of aromatic nitrogens is 3. The highest BCUT2D eigenvalue weighted by atomic mass is 79.9. The van der Waals surface area contributed by atoms with Gasteiger partial charge in [-0.15, -0.1) is 10.2 Å². The maximum absolute atomic E-state index is 5.56. The van der Waals surface area contributed by atoms with Gasteiger partial charge in [0.2, 0.25) is 0 Å². The van der Waals surface area contributed by atoms with Gasteiger partial charge in [0, 0.05) is 13.1 Å². The van der Waals surface area contributed by atoms with Crippen molar-refractivity contribution < 1.29 is 4.42 Å². The average Bonchev–Trinajstić information content (AvgIpc) is 2.86. The largest absolute Gasteiger partial charge is 0.453 e. The number of thioether (sulfide) groups is 1. The summed E-state index contributed by atoms with van der Waals surface area (Å²) in [7, 11) is 0. The molecule has 2 aromatic rings. The maximum atomic E-state index is 5.56. The van der Waals surface area contributed by atoms with Crippen molar-refractivity contribution in [3.8, 4) is 0 Å². The molecule has 2 heterocycles. The Kier molecular flexibility index (Phi) is 4.25. The zero-order valence-electron chi connectivity index (χ0n) is 9.39. The average molecular weight is 317 g/mol. The van der Waals surface area contributed by atoms with Crippen LogP contribution in [0, 0.1) is 6.92 Å². The van der Waals surface area contributed by atoms with Crippen LogP contribution in [0.1, 0.15) is 11.6 Å². The number of nitrogens with zero attached hydrogens (tertiary/aromatic N) is 3. The standard InChI is InChI=1S/C10H13BrN4OS/c1-7-13-14-10(15(7)5-4-12)17-6-8-2-3-9(11)16-8/h2-3H,4-6,12H2,1H3. The third-order valence-corrected chi connectivity index (χ3v) is 3.64. The summed E-state index contributed by atoms with van der Waals surface area (Å²) in [6.45, 7) is 3.25. The lowest BCUT2D eigenvalue weighted by Crippen LogP contribution is -2.12. The lowest BCUT2D eigenvalue weighted by molar-refractivity contribution is 0.506. The Hall–Kier alpha value is -0.790. The summed E-state index contributed by atoms with van der Waals surface area (Å²) < 4.78 is 8.19. The van der Waals surface area contributed by atoms with Crippen molar-refractivity contribution in [2.24, 2.45) is 5.73 Å². The molecule has 0 spiro atoms. The van der Waals surface area contributed by atoms with E-state index >= 15 is 0 Å². The zero-order valence-corrected chi connectivity index (χ0v) is 11.8. The van der Waals surface area contributed by atoms with Gasteiger partial charge < -0.3 is 14.7 Å². The Morgan fingerprint density at radius 1 is 1.47 bits per heavy atom.